The molecule has 134 valence electrons. The van der Waals surface area contributed by atoms with E-state index in [4.69, 9.17) is 0 Å². The Hall–Kier alpha value is -1.04. The van der Waals surface area contributed by atoms with Crippen molar-refractivity contribution in [3.05, 3.63) is 41.5 Å². The Kier molecular flexibility index (Phi) is 9.24. The van der Waals surface area contributed by atoms with Gasteiger partial charge in [-0.1, -0.05) is 102 Å². The van der Waals surface area contributed by atoms with E-state index in [2.05, 4.69) is 50.3 Å². The van der Waals surface area contributed by atoms with Gasteiger partial charge in [-0.3, -0.25) is 0 Å². The van der Waals surface area contributed by atoms with E-state index in [9.17, 15) is 0 Å². The van der Waals surface area contributed by atoms with Crippen molar-refractivity contribution >= 4 is 6.08 Å². The van der Waals surface area contributed by atoms with Crippen molar-refractivity contribution in [3.8, 4) is 0 Å². The van der Waals surface area contributed by atoms with Gasteiger partial charge in [0.25, 0.3) is 0 Å². The highest BCUT2D eigenvalue weighted by atomic mass is 14.2. The Balaban J connectivity index is 1.63. The summed E-state index contributed by atoms with van der Waals surface area (Å²) in [4.78, 5) is 0. The summed E-state index contributed by atoms with van der Waals surface area (Å²) in [7, 11) is 0. The molecule has 2 rings (SSSR count). The van der Waals surface area contributed by atoms with Crippen LogP contribution in [0, 0.1) is 11.8 Å². The van der Waals surface area contributed by atoms with Crippen molar-refractivity contribution in [1.82, 2.24) is 0 Å². The first-order chi connectivity index (χ1) is 11.8. The third-order valence-corrected chi connectivity index (χ3v) is 5.76. The number of rotatable bonds is 10. The molecule has 0 radical (unpaired) electrons. The monoisotopic (exact) mass is 326 g/mol. The molecule has 1 aromatic rings. The summed E-state index contributed by atoms with van der Waals surface area (Å²) in [5, 5.41) is 0. The molecule has 1 fully saturated rings. The summed E-state index contributed by atoms with van der Waals surface area (Å²) in [5.41, 5.74) is 2.85. The smallest absolute Gasteiger partial charge is 0.0260 e. The molecule has 0 aliphatic heterocycles. The van der Waals surface area contributed by atoms with E-state index in [0.29, 0.717) is 0 Å². The highest BCUT2D eigenvalue weighted by Crippen LogP contribution is 2.33. The minimum atomic E-state index is 0.990. The summed E-state index contributed by atoms with van der Waals surface area (Å²) in [5.74, 6) is 2.03. The highest BCUT2D eigenvalue weighted by molar-refractivity contribution is 5.49. The molecule has 1 aliphatic carbocycles. The lowest BCUT2D eigenvalue weighted by Crippen LogP contribution is -2.14. The summed E-state index contributed by atoms with van der Waals surface area (Å²) in [6.07, 6.45) is 21.3. The van der Waals surface area contributed by atoms with Gasteiger partial charge in [0.1, 0.15) is 0 Å². The second-order valence-electron chi connectivity index (χ2n) is 7.85. The molecule has 0 atom stereocenters. The van der Waals surface area contributed by atoms with E-state index < -0.39 is 0 Å². The Morgan fingerprint density at radius 1 is 0.833 bits per heavy atom. The van der Waals surface area contributed by atoms with Crippen LogP contribution >= 0.6 is 0 Å². The van der Waals surface area contributed by atoms with E-state index in [0.717, 1.165) is 11.8 Å². The topological polar surface area (TPSA) is 0 Å². The summed E-state index contributed by atoms with van der Waals surface area (Å²) in [6.45, 7) is 4.60. The molecule has 1 aliphatic rings. The van der Waals surface area contributed by atoms with Gasteiger partial charge in [0.05, 0.1) is 0 Å². The van der Waals surface area contributed by atoms with E-state index >= 15 is 0 Å². The Morgan fingerprint density at radius 2 is 1.50 bits per heavy atom. The fourth-order valence-electron chi connectivity index (χ4n) is 4.14. The average Bonchev–Trinajstić information content (AvgIpc) is 2.62. The maximum absolute atomic E-state index is 2.39. The molecule has 0 amide bonds. The van der Waals surface area contributed by atoms with Gasteiger partial charge < -0.3 is 0 Å². The number of allylic oxidation sites excluding steroid dienone is 1. The summed E-state index contributed by atoms with van der Waals surface area (Å²) in [6, 6.07) is 9.19. The summed E-state index contributed by atoms with van der Waals surface area (Å²) >= 11 is 0. The lowest BCUT2D eigenvalue weighted by Gasteiger charge is -2.28. The SMILES string of the molecule is CCCCCc1ccc(/C=C\CCC2CCC(CCC)CC2)cc1. The zero-order valence-corrected chi connectivity index (χ0v) is 16.1. The number of hydrogen-bond acceptors (Lipinski definition) is 0. The van der Waals surface area contributed by atoms with Gasteiger partial charge in [-0.25, -0.2) is 0 Å². The second kappa shape index (κ2) is 11.5. The molecule has 0 heteroatoms. The number of aryl methyl sites for hydroxylation is 1. The normalized spacial score (nSPS) is 21.4. The van der Waals surface area contributed by atoms with Crippen LogP contribution in [0.15, 0.2) is 30.3 Å². The Morgan fingerprint density at radius 3 is 2.12 bits per heavy atom. The Bertz CT molecular complexity index is 445. The van der Waals surface area contributed by atoms with E-state index in [1.54, 1.807) is 0 Å². The third-order valence-electron chi connectivity index (χ3n) is 5.76. The third kappa shape index (κ3) is 7.24. The lowest BCUT2D eigenvalue weighted by atomic mass is 9.78. The molecular weight excluding hydrogens is 288 g/mol. The lowest BCUT2D eigenvalue weighted by molar-refractivity contribution is 0.253. The molecule has 0 spiro atoms. The van der Waals surface area contributed by atoms with Gasteiger partial charge in [0.2, 0.25) is 0 Å². The van der Waals surface area contributed by atoms with E-state index in [1.807, 2.05) is 0 Å². The van der Waals surface area contributed by atoms with Crippen molar-refractivity contribution in [2.45, 2.75) is 90.9 Å². The van der Waals surface area contributed by atoms with Gasteiger partial charge in [0, 0.05) is 0 Å². The molecule has 0 nitrogen and oxygen atoms in total. The van der Waals surface area contributed by atoms with E-state index in [-0.39, 0.29) is 0 Å². The minimum absolute atomic E-state index is 0.990. The Labute approximate surface area is 150 Å². The van der Waals surface area contributed by atoms with Crippen LogP contribution in [0.4, 0.5) is 0 Å². The predicted octanol–water partition coefficient (Wildman–Crippen LogP) is 7.82. The fraction of sp³-hybridized carbons (Fsp3) is 0.667. The molecule has 24 heavy (non-hydrogen) atoms. The fourth-order valence-corrected chi connectivity index (χ4v) is 4.14. The van der Waals surface area contributed by atoms with Crippen LogP contribution < -0.4 is 0 Å². The van der Waals surface area contributed by atoms with Crippen LogP contribution in [0.2, 0.25) is 0 Å². The molecule has 0 unspecified atom stereocenters. The maximum atomic E-state index is 2.39. The van der Waals surface area contributed by atoms with Gasteiger partial charge in [-0.15, -0.1) is 0 Å². The van der Waals surface area contributed by atoms with E-state index in [1.165, 1.54) is 88.2 Å². The maximum Gasteiger partial charge on any atom is -0.0260 e. The van der Waals surface area contributed by atoms with Gasteiger partial charge >= 0.3 is 0 Å². The van der Waals surface area contributed by atoms with Crippen molar-refractivity contribution in [3.63, 3.8) is 0 Å². The van der Waals surface area contributed by atoms with Crippen molar-refractivity contribution < 1.29 is 0 Å². The molecule has 0 bridgehead atoms. The van der Waals surface area contributed by atoms with Crippen LogP contribution in [0.3, 0.4) is 0 Å². The van der Waals surface area contributed by atoms with Crippen LogP contribution in [0.1, 0.15) is 95.6 Å². The molecule has 0 aromatic heterocycles. The zero-order chi connectivity index (χ0) is 17.0. The average molecular weight is 327 g/mol. The van der Waals surface area contributed by atoms with Crippen molar-refractivity contribution in [1.29, 1.82) is 0 Å². The van der Waals surface area contributed by atoms with Crippen LogP contribution in [0.25, 0.3) is 6.08 Å². The summed E-state index contributed by atoms with van der Waals surface area (Å²) < 4.78 is 0. The number of benzene rings is 1. The largest absolute Gasteiger partial charge is 0.0839 e. The van der Waals surface area contributed by atoms with Crippen LogP contribution in [-0.4, -0.2) is 0 Å². The predicted molar refractivity (Wildman–Crippen MR) is 108 cm³/mol. The van der Waals surface area contributed by atoms with Crippen molar-refractivity contribution in [2.75, 3.05) is 0 Å². The molecule has 0 heterocycles. The number of hydrogen-bond donors (Lipinski definition) is 0. The van der Waals surface area contributed by atoms with Gasteiger partial charge in [-0.2, -0.15) is 0 Å². The molecule has 0 saturated heterocycles. The van der Waals surface area contributed by atoms with Gasteiger partial charge in [0.15, 0.2) is 0 Å². The van der Waals surface area contributed by atoms with Gasteiger partial charge in [-0.05, 0) is 48.6 Å². The molecule has 0 N–H and O–H groups in total. The standard InChI is InChI=1S/C24H38/c1-3-5-6-10-22-17-19-24(20-18-22)12-8-7-11-23-15-13-21(9-4-2)14-16-23/h8,12,17-21,23H,3-7,9-11,13-16H2,1-2H3/b12-8-. The molecular formula is C24H38. The molecule has 1 saturated carbocycles. The molecule has 1 aromatic carbocycles. The highest BCUT2D eigenvalue weighted by Gasteiger charge is 2.19. The van der Waals surface area contributed by atoms with Crippen LogP contribution in [0.5, 0.6) is 0 Å². The second-order valence-corrected chi connectivity index (χ2v) is 7.85. The minimum Gasteiger partial charge on any atom is -0.0839 e. The van der Waals surface area contributed by atoms with Crippen LogP contribution in [-0.2, 0) is 6.42 Å². The quantitative estimate of drug-likeness (QED) is 0.384. The zero-order valence-electron chi connectivity index (χ0n) is 16.1. The first kappa shape index (κ1) is 19.3. The first-order valence-corrected chi connectivity index (χ1v) is 10.6. The van der Waals surface area contributed by atoms with Crippen molar-refractivity contribution in [2.24, 2.45) is 11.8 Å². The first-order valence-electron chi connectivity index (χ1n) is 10.6. The number of unbranched alkanes of at least 4 members (excludes halogenated alkanes) is 2.